The first-order chi connectivity index (χ1) is 23.7. The largest absolute Gasteiger partial charge is 0.436 e. The predicted octanol–water partition coefficient (Wildman–Crippen LogP) is 12.7. The number of aromatic nitrogens is 1. The Morgan fingerprint density at radius 2 is 1.21 bits per heavy atom. The van der Waals surface area contributed by atoms with Gasteiger partial charge in [0.05, 0.1) is 0 Å². The first-order valence-electron chi connectivity index (χ1n) is 16.0. The summed E-state index contributed by atoms with van der Waals surface area (Å²) in [6.07, 6.45) is 5.62. The van der Waals surface area contributed by atoms with Crippen LogP contribution in [0, 0.1) is 0 Å². The minimum atomic E-state index is 0.598. The molecular formula is C45H32N2O. The van der Waals surface area contributed by atoms with E-state index in [-0.39, 0.29) is 0 Å². The van der Waals surface area contributed by atoms with Crippen LogP contribution in [0.4, 0.5) is 17.1 Å². The fraction of sp³-hybridized carbons (Fsp3) is 0. The third-order valence-corrected chi connectivity index (χ3v) is 8.83. The first-order valence-corrected chi connectivity index (χ1v) is 16.0. The third-order valence-electron chi connectivity index (χ3n) is 8.83. The molecule has 0 aliphatic rings. The van der Waals surface area contributed by atoms with Crippen LogP contribution in [-0.2, 0) is 0 Å². The van der Waals surface area contributed by atoms with Crippen molar-refractivity contribution in [3.05, 3.63) is 189 Å². The van der Waals surface area contributed by atoms with Crippen molar-refractivity contribution in [3.8, 4) is 22.6 Å². The molecule has 0 bridgehead atoms. The quantitative estimate of drug-likeness (QED) is 0.126. The van der Waals surface area contributed by atoms with E-state index in [0.717, 1.165) is 56.0 Å². The minimum absolute atomic E-state index is 0.598. The van der Waals surface area contributed by atoms with Crippen LogP contribution in [0.1, 0.15) is 5.56 Å². The molecule has 0 saturated carbocycles. The average Bonchev–Trinajstić information content (AvgIpc) is 3.59. The molecule has 0 atom stereocenters. The summed E-state index contributed by atoms with van der Waals surface area (Å²) in [6.45, 7) is 7.85. The maximum atomic E-state index is 6.22. The summed E-state index contributed by atoms with van der Waals surface area (Å²) >= 11 is 0. The Bertz CT molecular complexity index is 2470. The number of hydrogen-bond acceptors (Lipinski definition) is 3. The lowest BCUT2D eigenvalue weighted by Crippen LogP contribution is -2.10. The van der Waals surface area contributed by atoms with Gasteiger partial charge in [-0.1, -0.05) is 122 Å². The molecule has 3 nitrogen and oxygen atoms in total. The fourth-order valence-electron chi connectivity index (χ4n) is 6.40. The molecule has 1 heterocycles. The van der Waals surface area contributed by atoms with Gasteiger partial charge in [-0.2, -0.15) is 0 Å². The van der Waals surface area contributed by atoms with Crippen molar-refractivity contribution < 1.29 is 4.42 Å². The molecule has 1 aromatic heterocycles. The Balaban J connectivity index is 1.20. The number of benzene rings is 7. The third kappa shape index (κ3) is 5.38. The Labute approximate surface area is 280 Å². The van der Waals surface area contributed by atoms with Crippen LogP contribution in [-0.4, -0.2) is 4.98 Å². The topological polar surface area (TPSA) is 29.3 Å². The predicted molar refractivity (Wildman–Crippen MR) is 203 cm³/mol. The lowest BCUT2D eigenvalue weighted by molar-refractivity contribution is 0.620. The van der Waals surface area contributed by atoms with Crippen molar-refractivity contribution in [1.82, 2.24) is 4.98 Å². The number of rotatable bonds is 8. The second-order valence-electron chi connectivity index (χ2n) is 11.8. The van der Waals surface area contributed by atoms with E-state index in [2.05, 4.69) is 145 Å². The lowest BCUT2D eigenvalue weighted by Gasteiger charge is -2.26. The molecule has 0 aliphatic heterocycles. The van der Waals surface area contributed by atoms with Crippen molar-refractivity contribution in [2.24, 2.45) is 0 Å². The SMILES string of the molecule is C=C/C=C(\C=C)c1ccc(N(c2ccc(-c3nc4cc(-c5ccccc5)ccc4o3)cc2)c2ccc3ccc4ccccc4c3c2)cc1. The summed E-state index contributed by atoms with van der Waals surface area (Å²) in [5.41, 5.74) is 10.0. The van der Waals surface area contributed by atoms with Crippen LogP contribution < -0.4 is 4.90 Å². The summed E-state index contributed by atoms with van der Waals surface area (Å²) in [6, 6.07) is 53.1. The van der Waals surface area contributed by atoms with Crippen LogP contribution in [0.15, 0.2) is 187 Å². The zero-order valence-electron chi connectivity index (χ0n) is 26.4. The highest BCUT2D eigenvalue weighted by Crippen LogP contribution is 2.39. The van der Waals surface area contributed by atoms with Gasteiger partial charge in [0, 0.05) is 22.6 Å². The number of allylic oxidation sites excluding steroid dienone is 4. The molecule has 0 amide bonds. The van der Waals surface area contributed by atoms with E-state index in [1.165, 1.54) is 21.5 Å². The molecule has 8 rings (SSSR count). The summed E-state index contributed by atoms with van der Waals surface area (Å²) in [7, 11) is 0. The van der Waals surface area contributed by atoms with Crippen molar-refractivity contribution >= 4 is 55.3 Å². The Morgan fingerprint density at radius 1 is 0.562 bits per heavy atom. The molecule has 0 fully saturated rings. The van der Waals surface area contributed by atoms with Gasteiger partial charge >= 0.3 is 0 Å². The van der Waals surface area contributed by atoms with Crippen LogP contribution in [0.2, 0.25) is 0 Å². The van der Waals surface area contributed by atoms with E-state index in [4.69, 9.17) is 9.40 Å². The van der Waals surface area contributed by atoms with Crippen molar-refractivity contribution in [1.29, 1.82) is 0 Å². The van der Waals surface area contributed by atoms with Crippen LogP contribution in [0.3, 0.4) is 0 Å². The van der Waals surface area contributed by atoms with E-state index in [0.29, 0.717) is 5.89 Å². The summed E-state index contributed by atoms with van der Waals surface area (Å²) in [4.78, 5) is 7.16. The van der Waals surface area contributed by atoms with Gasteiger partial charge in [0.15, 0.2) is 5.58 Å². The molecule has 48 heavy (non-hydrogen) atoms. The molecule has 0 N–H and O–H groups in total. The fourth-order valence-corrected chi connectivity index (χ4v) is 6.40. The maximum absolute atomic E-state index is 6.22. The maximum Gasteiger partial charge on any atom is 0.227 e. The zero-order chi connectivity index (χ0) is 32.5. The van der Waals surface area contributed by atoms with Gasteiger partial charge in [0.2, 0.25) is 5.89 Å². The highest BCUT2D eigenvalue weighted by Gasteiger charge is 2.16. The molecule has 0 spiro atoms. The molecule has 3 heteroatoms. The molecule has 7 aromatic carbocycles. The summed E-state index contributed by atoms with van der Waals surface area (Å²) in [5, 5.41) is 4.88. The molecule has 0 aliphatic carbocycles. The van der Waals surface area contributed by atoms with E-state index < -0.39 is 0 Å². The van der Waals surface area contributed by atoms with Gasteiger partial charge in [-0.15, -0.1) is 0 Å². The number of oxazole rings is 1. The van der Waals surface area contributed by atoms with E-state index in [1.807, 2.05) is 36.4 Å². The Morgan fingerprint density at radius 3 is 1.96 bits per heavy atom. The van der Waals surface area contributed by atoms with Crippen LogP contribution in [0.25, 0.3) is 60.8 Å². The van der Waals surface area contributed by atoms with Crippen LogP contribution >= 0.6 is 0 Å². The monoisotopic (exact) mass is 616 g/mol. The Kier molecular flexibility index (Phi) is 7.48. The minimum Gasteiger partial charge on any atom is -0.436 e. The molecular weight excluding hydrogens is 585 g/mol. The highest BCUT2D eigenvalue weighted by atomic mass is 16.3. The van der Waals surface area contributed by atoms with E-state index in [9.17, 15) is 0 Å². The normalized spacial score (nSPS) is 11.6. The zero-order valence-corrected chi connectivity index (χ0v) is 26.4. The number of anilines is 3. The van der Waals surface area contributed by atoms with Gasteiger partial charge in [-0.3, -0.25) is 0 Å². The molecule has 0 radical (unpaired) electrons. The second-order valence-corrected chi connectivity index (χ2v) is 11.8. The standard InChI is InChI=1S/C45H32N2O/c1-3-10-31(4-2)33-17-23-38(24-18-33)47(40-27-19-35-16-15-34-13-8-9-14-41(34)42(35)30-40)39-25-20-36(21-26-39)45-46-43-29-37(22-28-44(43)48-45)32-11-6-5-7-12-32/h3-30H,1-2H2/b31-10+. The molecule has 0 saturated heterocycles. The highest BCUT2D eigenvalue weighted by molar-refractivity contribution is 6.09. The summed E-state index contributed by atoms with van der Waals surface area (Å²) < 4.78 is 6.22. The van der Waals surface area contributed by atoms with Gasteiger partial charge in [-0.25, -0.2) is 4.98 Å². The molecule has 0 unspecified atom stereocenters. The van der Waals surface area contributed by atoms with Crippen molar-refractivity contribution in [2.45, 2.75) is 0 Å². The smallest absolute Gasteiger partial charge is 0.227 e. The molecule has 228 valence electrons. The molecule has 8 aromatic rings. The first kappa shape index (κ1) is 29.0. The van der Waals surface area contributed by atoms with Gasteiger partial charge < -0.3 is 9.32 Å². The van der Waals surface area contributed by atoms with E-state index in [1.54, 1.807) is 6.08 Å². The number of nitrogens with zero attached hydrogens (tertiary/aromatic N) is 2. The average molecular weight is 617 g/mol. The Hall–Kier alpha value is -6.45. The number of fused-ring (bicyclic) bond motifs is 4. The second kappa shape index (κ2) is 12.4. The van der Waals surface area contributed by atoms with Crippen molar-refractivity contribution in [2.75, 3.05) is 4.90 Å². The number of hydrogen-bond donors (Lipinski definition) is 0. The summed E-state index contributed by atoms with van der Waals surface area (Å²) in [5.74, 6) is 0.598. The lowest BCUT2D eigenvalue weighted by atomic mass is 10.0. The van der Waals surface area contributed by atoms with Crippen molar-refractivity contribution in [3.63, 3.8) is 0 Å². The van der Waals surface area contributed by atoms with E-state index >= 15 is 0 Å². The van der Waals surface area contributed by atoms with Gasteiger partial charge in [-0.05, 0) is 104 Å². The van der Waals surface area contributed by atoms with Gasteiger partial charge in [0.25, 0.3) is 0 Å². The van der Waals surface area contributed by atoms with Crippen LogP contribution in [0.5, 0.6) is 0 Å². The van der Waals surface area contributed by atoms with Gasteiger partial charge in [0.1, 0.15) is 5.52 Å².